The van der Waals surface area contributed by atoms with Crippen molar-refractivity contribution in [3.05, 3.63) is 28.2 Å². The molecule has 21 heavy (non-hydrogen) atoms. The van der Waals surface area contributed by atoms with Crippen molar-refractivity contribution in [3.63, 3.8) is 0 Å². The van der Waals surface area contributed by atoms with E-state index in [0.717, 1.165) is 29.7 Å². The third-order valence-corrected chi connectivity index (χ3v) is 4.01. The van der Waals surface area contributed by atoms with E-state index in [2.05, 4.69) is 32.2 Å². The summed E-state index contributed by atoms with van der Waals surface area (Å²) in [5.74, 6) is -0.343. The third kappa shape index (κ3) is 4.34. The summed E-state index contributed by atoms with van der Waals surface area (Å²) in [5, 5.41) is 12.4. The molecule has 0 bridgehead atoms. The number of nitrogens with two attached hydrogens (primary N) is 1. The van der Waals surface area contributed by atoms with E-state index >= 15 is 0 Å². The van der Waals surface area contributed by atoms with Crippen molar-refractivity contribution >= 4 is 39.9 Å². The van der Waals surface area contributed by atoms with E-state index in [1.165, 1.54) is 0 Å². The monoisotopic (exact) mass is 372 g/mol. The lowest BCUT2D eigenvalue weighted by Crippen LogP contribution is -2.45. The van der Waals surface area contributed by atoms with Crippen LogP contribution in [0.3, 0.4) is 0 Å². The molecule has 0 unspecified atom stereocenters. The maximum atomic E-state index is 11.1. The Morgan fingerprint density at radius 3 is 2.95 bits per heavy atom. The number of nitrogens with zero attached hydrogens (tertiary/aromatic N) is 2. The van der Waals surface area contributed by atoms with E-state index < -0.39 is 0 Å². The quantitative estimate of drug-likeness (QED) is 0.843. The van der Waals surface area contributed by atoms with Crippen molar-refractivity contribution in [2.45, 2.75) is 25.4 Å². The lowest BCUT2D eigenvalue weighted by atomic mass is 10.2. The standard InChI is InChI=1S/C14H17BrN4O.ClH/c1-9(14(17)20)18-12-4-5-19(8-12)13-3-2-11(15)6-10(13)7-16;/h2-3,6,9,12,18H,4-5,8H2,1H3,(H2,17,20);1H/t9-,12-;/m0./s1. The molecular weight excluding hydrogens is 356 g/mol. The molecule has 3 N–H and O–H groups in total. The van der Waals surface area contributed by atoms with Crippen LogP contribution in [-0.2, 0) is 4.79 Å². The molecule has 5 nitrogen and oxygen atoms in total. The van der Waals surface area contributed by atoms with Crippen LogP contribution in [0.15, 0.2) is 22.7 Å². The molecule has 0 aromatic heterocycles. The zero-order valence-electron chi connectivity index (χ0n) is 11.7. The minimum absolute atomic E-state index is 0. The normalized spacial score (nSPS) is 18.7. The summed E-state index contributed by atoms with van der Waals surface area (Å²) >= 11 is 3.37. The number of halogens is 2. The minimum atomic E-state index is -0.343. The van der Waals surface area contributed by atoms with E-state index in [1.807, 2.05) is 18.2 Å². The number of primary amides is 1. The second-order valence-corrected chi connectivity index (χ2v) is 5.91. The van der Waals surface area contributed by atoms with Crippen LogP contribution in [0.5, 0.6) is 0 Å². The van der Waals surface area contributed by atoms with E-state index in [9.17, 15) is 10.1 Å². The van der Waals surface area contributed by atoms with Crippen molar-refractivity contribution in [3.8, 4) is 6.07 Å². The first-order valence-corrected chi connectivity index (χ1v) is 7.30. The number of rotatable bonds is 4. The van der Waals surface area contributed by atoms with Crippen LogP contribution in [0, 0.1) is 11.3 Å². The number of hydrogen-bond donors (Lipinski definition) is 2. The second kappa shape index (κ2) is 7.64. The highest BCUT2D eigenvalue weighted by molar-refractivity contribution is 9.10. The molecule has 1 heterocycles. The number of nitriles is 1. The number of hydrogen-bond acceptors (Lipinski definition) is 4. The molecule has 2 rings (SSSR count). The zero-order valence-corrected chi connectivity index (χ0v) is 14.1. The van der Waals surface area contributed by atoms with Crippen molar-refractivity contribution in [2.24, 2.45) is 5.73 Å². The number of carbonyl (C=O) groups excluding carboxylic acids is 1. The van der Waals surface area contributed by atoms with E-state index in [-0.39, 0.29) is 30.4 Å². The highest BCUT2D eigenvalue weighted by Crippen LogP contribution is 2.27. The van der Waals surface area contributed by atoms with Gasteiger partial charge in [-0.25, -0.2) is 0 Å². The number of anilines is 1. The summed E-state index contributed by atoms with van der Waals surface area (Å²) in [4.78, 5) is 13.2. The number of benzene rings is 1. The predicted octanol–water partition coefficient (Wildman–Crippen LogP) is 1.78. The van der Waals surface area contributed by atoms with Crippen molar-refractivity contribution in [1.82, 2.24) is 5.32 Å². The molecule has 0 radical (unpaired) electrons. The summed E-state index contributed by atoms with van der Waals surface area (Å²) in [6.07, 6.45) is 0.929. The van der Waals surface area contributed by atoms with Gasteiger partial charge in [-0.3, -0.25) is 4.79 Å². The summed E-state index contributed by atoms with van der Waals surface area (Å²) in [7, 11) is 0. The highest BCUT2D eigenvalue weighted by Gasteiger charge is 2.26. The first kappa shape index (κ1) is 17.8. The molecule has 1 fully saturated rings. The summed E-state index contributed by atoms with van der Waals surface area (Å²) in [6.45, 7) is 3.40. The smallest absolute Gasteiger partial charge is 0.234 e. The first-order valence-electron chi connectivity index (χ1n) is 6.51. The Hall–Kier alpha value is -1.29. The largest absolute Gasteiger partial charge is 0.369 e. The lowest BCUT2D eigenvalue weighted by molar-refractivity contribution is -0.119. The van der Waals surface area contributed by atoms with Gasteiger partial charge in [0.15, 0.2) is 0 Å². The van der Waals surface area contributed by atoms with Gasteiger partial charge in [-0.05, 0) is 31.5 Å². The van der Waals surface area contributed by atoms with Crippen LogP contribution >= 0.6 is 28.3 Å². The minimum Gasteiger partial charge on any atom is -0.369 e. The Balaban J connectivity index is 0.00000220. The van der Waals surface area contributed by atoms with Crippen molar-refractivity contribution in [2.75, 3.05) is 18.0 Å². The fraction of sp³-hybridized carbons (Fsp3) is 0.429. The van der Waals surface area contributed by atoms with E-state index in [1.54, 1.807) is 6.92 Å². The van der Waals surface area contributed by atoms with Crippen LogP contribution in [0.25, 0.3) is 0 Å². The van der Waals surface area contributed by atoms with Crippen LogP contribution in [0.4, 0.5) is 5.69 Å². The van der Waals surface area contributed by atoms with Crippen molar-refractivity contribution < 1.29 is 4.79 Å². The maximum absolute atomic E-state index is 11.1. The molecule has 0 aliphatic carbocycles. The van der Waals surface area contributed by atoms with Crippen LogP contribution < -0.4 is 16.0 Å². The topological polar surface area (TPSA) is 82.2 Å². The number of carbonyl (C=O) groups is 1. The molecule has 1 aromatic carbocycles. The molecule has 1 aliphatic rings. The summed E-state index contributed by atoms with van der Waals surface area (Å²) < 4.78 is 0.897. The Bertz CT molecular complexity index is 560. The molecule has 1 saturated heterocycles. The fourth-order valence-electron chi connectivity index (χ4n) is 2.42. The van der Waals surface area contributed by atoms with Gasteiger partial charge in [0.05, 0.1) is 17.3 Å². The molecule has 2 atom stereocenters. The first-order chi connectivity index (χ1) is 9.51. The Labute approximate surface area is 139 Å². The van der Waals surface area contributed by atoms with Gasteiger partial charge in [0, 0.05) is 23.6 Å². The molecule has 1 amide bonds. The van der Waals surface area contributed by atoms with Gasteiger partial charge in [-0.1, -0.05) is 15.9 Å². The summed E-state index contributed by atoms with van der Waals surface area (Å²) in [6, 6.07) is 7.81. The van der Waals surface area contributed by atoms with Crippen LogP contribution in [0.1, 0.15) is 18.9 Å². The fourth-order valence-corrected chi connectivity index (χ4v) is 2.79. The van der Waals surface area contributed by atoms with E-state index in [4.69, 9.17) is 5.73 Å². The average Bonchev–Trinajstić information content (AvgIpc) is 2.86. The number of amides is 1. The van der Waals surface area contributed by atoms with Gasteiger partial charge in [-0.15, -0.1) is 12.4 Å². The second-order valence-electron chi connectivity index (χ2n) is 5.00. The zero-order chi connectivity index (χ0) is 14.7. The summed E-state index contributed by atoms with van der Waals surface area (Å²) in [5.41, 5.74) is 6.85. The SMILES string of the molecule is C[C@H](N[C@H]1CCN(c2ccc(Br)cc2C#N)C1)C(N)=O.Cl. The molecule has 0 saturated carbocycles. The Morgan fingerprint density at radius 1 is 1.62 bits per heavy atom. The van der Waals surface area contributed by atoms with Gasteiger partial charge >= 0.3 is 0 Å². The Kier molecular flexibility index (Phi) is 6.46. The maximum Gasteiger partial charge on any atom is 0.234 e. The lowest BCUT2D eigenvalue weighted by Gasteiger charge is -2.21. The van der Waals surface area contributed by atoms with Crippen LogP contribution in [-0.4, -0.2) is 31.1 Å². The molecule has 1 aliphatic heterocycles. The average molecular weight is 374 g/mol. The molecule has 1 aromatic rings. The molecule has 7 heteroatoms. The molecule has 0 spiro atoms. The van der Waals surface area contributed by atoms with Crippen LogP contribution in [0.2, 0.25) is 0 Å². The predicted molar refractivity (Wildman–Crippen MR) is 88.5 cm³/mol. The Morgan fingerprint density at radius 2 is 2.33 bits per heavy atom. The van der Waals surface area contributed by atoms with Gasteiger partial charge < -0.3 is 16.0 Å². The van der Waals surface area contributed by atoms with E-state index in [0.29, 0.717) is 5.56 Å². The number of nitrogens with one attached hydrogen (secondary N) is 1. The molecule has 114 valence electrons. The highest BCUT2D eigenvalue weighted by atomic mass is 79.9. The van der Waals surface area contributed by atoms with Gasteiger partial charge in [0.2, 0.25) is 5.91 Å². The molecular formula is C14H18BrClN4O. The van der Waals surface area contributed by atoms with Crippen molar-refractivity contribution in [1.29, 1.82) is 5.26 Å². The van der Waals surface area contributed by atoms with Gasteiger partial charge in [0.1, 0.15) is 6.07 Å². The van der Waals surface area contributed by atoms with Gasteiger partial charge in [0.25, 0.3) is 0 Å². The van der Waals surface area contributed by atoms with Gasteiger partial charge in [-0.2, -0.15) is 5.26 Å². The third-order valence-electron chi connectivity index (χ3n) is 3.52.